The quantitative estimate of drug-likeness (QED) is 0.536. The predicted molar refractivity (Wildman–Crippen MR) is 121 cm³/mol. The fourth-order valence-corrected chi connectivity index (χ4v) is 3.49. The van der Waals surface area contributed by atoms with Crippen molar-refractivity contribution in [3.8, 4) is 5.75 Å². The average Bonchev–Trinajstić information content (AvgIpc) is 3.39. The first-order valence-electron chi connectivity index (χ1n) is 10.4. The Morgan fingerprint density at radius 3 is 2.65 bits per heavy atom. The van der Waals surface area contributed by atoms with Gasteiger partial charge in [0.25, 0.3) is 0 Å². The molecule has 0 unspecified atom stereocenters. The van der Waals surface area contributed by atoms with Crippen LogP contribution in [0.5, 0.6) is 5.75 Å². The Bertz CT molecular complexity index is 1030. The number of benzene rings is 2. The lowest BCUT2D eigenvalue weighted by atomic mass is 10.2. The molecule has 4 N–H and O–H groups in total. The summed E-state index contributed by atoms with van der Waals surface area (Å²) in [5.41, 5.74) is 8.34. The second kappa shape index (κ2) is 9.48. The zero-order valence-corrected chi connectivity index (χ0v) is 17.5. The molecule has 0 bridgehead atoms. The van der Waals surface area contributed by atoms with Gasteiger partial charge in [-0.25, -0.2) is 4.79 Å². The van der Waals surface area contributed by atoms with Crippen LogP contribution in [0.2, 0.25) is 0 Å². The van der Waals surface area contributed by atoms with E-state index in [0.717, 1.165) is 41.3 Å². The van der Waals surface area contributed by atoms with Crippen molar-refractivity contribution in [2.75, 3.05) is 42.6 Å². The van der Waals surface area contributed by atoms with Crippen molar-refractivity contribution in [2.24, 2.45) is 0 Å². The largest absolute Gasteiger partial charge is 0.492 e. The number of ether oxygens (including phenoxy) is 1. The summed E-state index contributed by atoms with van der Waals surface area (Å²) in [7, 11) is 0. The summed E-state index contributed by atoms with van der Waals surface area (Å²) in [6, 6.07) is 14.5. The van der Waals surface area contributed by atoms with Crippen molar-refractivity contribution < 1.29 is 9.53 Å². The number of nitrogens with one attached hydrogen (secondary N) is 2. The monoisotopic (exact) mass is 421 g/mol. The van der Waals surface area contributed by atoms with Gasteiger partial charge < -0.3 is 21.1 Å². The Morgan fingerprint density at radius 1 is 1.13 bits per heavy atom. The minimum atomic E-state index is -0.481. The van der Waals surface area contributed by atoms with Gasteiger partial charge in [-0.05, 0) is 74.8 Å². The Kier molecular flexibility index (Phi) is 6.32. The van der Waals surface area contributed by atoms with Gasteiger partial charge in [-0.1, -0.05) is 12.1 Å². The number of hydrogen-bond donors (Lipinski definition) is 3. The zero-order valence-electron chi connectivity index (χ0n) is 17.5. The number of amides is 1. The molecule has 0 spiro atoms. The van der Waals surface area contributed by atoms with Crippen LogP contribution in [0.25, 0.3) is 0 Å². The molecule has 1 aliphatic rings. The minimum absolute atomic E-state index is 0.00507. The number of nitrogen functional groups attached to an aromatic ring is 1. The highest BCUT2D eigenvalue weighted by Gasteiger charge is 2.15. The summed E-state index contributed by atoms with van der Waals surface area (Å²) in [5.74, 6) is 1.04. The van der Waals surface area contributed by atoms with Crippen LogP contribution in [-0.2, 0) is 0 Å². The highest BCUT2D eigenvalue weighted by molar-refractivity contribution is 5.92. The first kappa shape index (κ1) is 20.7. The molecule has 1 aliphatic heterocycles. The summed E-state index contributed by atoms with van der Waals surface area (Å²) in [5, 5.41) is 9.97. The summed E-state index contributed by atoms with van der Waals surface area (Å²) >= 11 is 0. The summed E-state index contributed by atoms with van der Waals surface area (Å²) in [6.07, 6.45) is 2.56. The Morgan fingerprint density at radius 2 is 1.90 bits per heavy atom. The number of rotatable bonds is 7. The molecule has 1 saturated heterocycles. The van der Waals surface area contributed by atoms with Crippen LogP contribution in [0.1, 0.15) is 18.4 Å². The van der Waals surface area contributed by atoms with Crippen LogP contribution < -0.4 is 21.1 Å². The van der Waals surface area contributed by atoms with Crippen molar-refractivity contribution in [1.82, 2.24) is 19.7 Å². The third-order valence-electron chi connectivity index (χ3n) is 5.08. The number of carbonyl (C=O) groups excluding carboxylic acids is 1. The number of likely N-dealkylation sites (tertiary alicyclic amines) is 1. The molecule has 0 atom stereocenters. The smallest absolute Gasteiger partial charge is 0.349 e. The van der Waals surface area contributed by atoms with Crippen molar-refractivity contribution in [2.45, 2.75) is 19.8 Å². The van der Waals surface area contributed by atoms with Crippen molar-refractivity contribution in [3.05, 3.63) is 54.1 Å². The molecule has 0 saturated carbocycles. The number of nitrogens with two attached hydrogens (primary N) is 1. The van der Waals surface area contributed by atoms with Crippen molar-refractivity contribution in [3.63, 3.8) is 0 Å². The lowest BCUT2D eigenvalue weighted by Gasteiger charge is -2.15. The van der Waals surface area contributed by atoms with Gasteiger partial charge in [-0.2, -0.15) is 4.98 Å². The Hall–Kier alpha value is -3.59. The van der Waals surface area contributed by atoms with Gasteiger partial charge in [-0.3, -0.25) is 4.90 Å². The van der Waals surface area contributed by atoms with E-state index in [4.69, 9.17) is 10.5 Å². The standard InChI is InChI=1S/C22H27N7O2/c1-16-5-4-6-18(15-16)25-22(30)29-20(23)26-21(27-29)24-17-7-9-19(10-8-17)31-14-13-28-11-2-3-12-28/h4-10,15H,2-3,11-14H2,1H3,(H,25,30)(H3,23,24,26,27). The van der Waals surface area contributed by atoms with Gasteiger partial charge in [-0.15, -0.1) is 9.78 Å². The second-order valence-electron chi connectivity index (χ2n) is 7.55. The highest BCUT2D eigenvalue weighted by atomic mass is 16.5. The van der Waals surface area contributed by atoms with Crippen molar-refractivity contribution >= 4 is 29.3 Å². The molecule has 9 nitrogen and oxygen atoms in total. The molecule has 3 aromatic rings. The number of nitrogens with zero attached hydrogens (tertiary/aromatic N) is 4. The Balaban J connectivity index is 1.32. The van der Waals surface area contributed by atoms with Gasteiger partial charge in [0.2, 0.25) is 11.9 Å². The molecule has 2 aromatic carbocycles. The topological polar surface area (TPSA) is 110 Å². The number of aryl methyl sites for hydroxylation is 1. The summed E-state index contributed by atoms with van der Waals surface area (Å²) < 4.78 is 6.84. The fraction of sp³-hybridized carbons (Fsp3) is 0.318. The van der Waals surface area contributed by atoms with Crippen LogP contribution in [0.4, 0.5) is 28.1 Å². The lowest BCUT2D eigenvalue weighted by Crippen LogP contribution is -2.25. The molecule has 162 valence electrons. The van der Waals surface area contributed by atoms with Gasteiger partial charge in [0, 0.05) is 17.9 Å². The van der Waals surface area contributed by atoms with E-state index in [9.17, 15) is 4.79 Å². The van der Waals surface area contributed by atoms with Crippen LogP contribution >= 0.6 is 0 Å². The van der Waals surface area contributed by atoms with Gasteiger partial charge in [0.1, 0.15) is 12.4 Å². The van der Waals surface area contributed by atoms with E-state index in [0.29, 0.717) is 12.3 Å². The van der Waals surface area contributed by atoms with E-state index in [-0.39, 0.29) is 11.9 Å². The van der Waals surface area contributed by atoms with Crippen LogP contribution in [0.3, 0.4) is 0 Å². The molecule has 9 heteroatoms. The number of hydrogen-bond acceptors (Lipinski definition) is 7. The minimum Gasteiger partial charge on any atom is -0.492 e. The molecule has 1 amide bonds. The van der Waals surface area contributed by atoms with Gasteiger partial charge in [0.15, 0.2) is 0 Å². The van der Waals surface area contributed by atoms with Crippen molar-refractivity contribution in [1.29, 1.82) is 0 Å². The molecule has 4 rings (SSSR count). The van der Waals surface area contributed by atoms with E-state index in [1.54, 1.807) is 6.07 Å². The number of anilines is 4. The predicted octanol–water partition coefficient (Wildman–Crippen LogP) is 3.47. The van der Waals surface area contributed by atoms with E-state index < -0.39 is 6.03 Å². The molecule has 2 heterocycles. The first-order chi connectivity index (χ1) is 15.1. The third-order valence-corrected chi connectivity index (χ3v) is 5.08. The molecule has 0 radical (unpaired) electrons. The van der Waals surface area contributed by atoms with E-state index in [1.165, 1.54) is 12.8 Å². The fourth-order valence-electron chi connectivity index (χ4n) is 3.49. The normalized spacial score (nSPS) is 13.8. The zero-order chi connectivity index (χ0) is 21.6. The summed E-state index contributed by atoms with van der Waals surface area (Å²) in [4.78, 5) is 19.0. The van der Waals surface area contributed by atoms with Gasteiger partial charge >= 0.3 is 6.03 Å². The first-order valence-corrected chi connectivity index (χ1v) is 10.4. The van der Waals surface area contributed by atoms with E-state index >= 15 is 0 Å². The maximum atomic E-state index is 12.5. The average molecular weight is 422 g/mol. The molecule has 1 fully saturated rings. The molecular weight excluding hydrogens is 394 g/mol. The molecule has 1 aromatic heterocycles. The maximum absolute atomic E-state index is 12.5. The van der Waals surface area contributed by atoms with Crippen LogP contribution in [0, 0.1) is 6.92 Å². The van der Waals surface area contributed by atoms with Crippen LogP contribution in [-0.4, -0.2) is 51.9 Å². The molecule has 31 heavy (non-hydrogen) atoms. The Labute approximate surface area is 181 Å². The van der Waals surface area contributed by atoms with Gasteiger partial charge in [0.05, 0.1) is 0 Å². The lowest BCUT2D eigenvalue weighted by molar-refractivity contribution is 0.238. The number of aromatic nitrogens is 3. The van der Waals surface area contributed by atoms with E-state index in [1.807, 2.05) is 49.4 Å². The molecular formula is C22H27N7O2. The van der Waals surface area contributed by atoms with Crippen LogP contribution in [0.15, 0.2) is 48.5 Å². The number of carbonyl (C=O) groups is 1. The summed E-state index contributed by atoms with van der Waals surface area (Å²) in [6.45, 7) is 5.90. The third kappa shape index (κ3) is 5.52. The molecule has 0 aliphatic carbocycles. The maximum Gasteiger partial charge on any atom is 0.349 e. The highest BCUT2D eigenvalue weighted by Crippen LogP contribution is 2.19. The van der Waals surface area contributed by atoms with E-state index in [2.05, 4.69) is 25.6 Å². The SMILES string of the molecule is Cc1cccc(NC(=O)n2nc(Nc3ccc(OCCN4CCCC4)cc3)nc2N)c1. The second-order valence-corrected chi connectivity index (χ2v) is 7.55.